The van der Waals surface area contributed by atoms with Gasteiger partial charge in [-0.1, -0.05) is 36.0 Å². The van der Waals surface area contributed by atoms with Gasteiger partial charge >= 0.3 is 0 Å². The number of carbonyl (C=O) groups is 1. The van der Waals surface area contributed by atoms with E-state index in [2.05, 4.69) is 21.2 Å². The first-order valence-electron chi connectivity index (χ1n) is 9.45. The lowest BCUT2D eigenvalue weighted by Crippen LogP contribution is -2.31. The lowest BCUT2D eigenvalue weighted by molar-refractivity contribution is -0.118. The Kier molecular flexibility index (Phi) is 8.04. The predicted molar refractivity (Wildman–Crippen MR) is 122 cm³/mol. The molecule has 1 saturated heterocycles. The molecule has 30 heavy (non-hydrogen) atoms. The van der Waals surface area contributed by atoms with Gasteiger partial charge in [-0.25, -0.2) is 8.42 Å². The van der Waals surface area contributed by atoms with Gasteiger partial charge in [0.05, 0.1) is 14.4 Å². The highest BCUT2D eigenvalue weighted by Crippen LogP contribution is 2.36. The lowest BCUT2D eigenvalue weighted by Gasteiger charge is -2.20. The van der Waals surface area contributed by atoms with Gasteiger partial charge in [0.1, 0.15) is 0 Å². The number of benzene rings is 2. The maximum atomic E-state index is 12.8. The minimum absolute atomic E-state index is 0.218. The van der Waals surface area contributed by atoms with Crippen LogP contribution in [0.2, 0.25) is 10.0 Å². The van der Waals surface area contributed by atoms with Crippen LogP contribution in [0, 0.1) is 0 Å². The van der Waals surface area contributed by atoms with Crippen molar-refractivity contribution >= 4 is 60.7 Å². The highest BCUT2D eigenvalue weighted by atomic mass is 79.9. The van der Waals surface area contributed by atoms with Gasteiger partial charge in [0.15, 0.2) is 12.4 Å². The normalized spacial score (nSPS) is 15.4. The van der Waals surface area contributed by atoms with Crippen LogP contribution < -0.4 is 10.1 Å². The molecule has 162 valence electrons. The van der Waals surface area contributed by atoms with Crippen molar-refractivity contribution in [3.63, 3.8) is 0 Å². The molecule has 1 aliphatic rings. The minimum Gasteiger partial charge on any atom is -0.481 e. The highest BCUT2D eigenvalue weighted by molar-refractivity contribution is 9.10. The molecule has 1 aliphatic heterocycles. The van der Waals surface area contributed by atoms with E-state index in [1.54, 1.807) is 18.2 Å². The molecule has 1 heterocycles. The number of rotatable bonds is 6. The Morgan fingerprint density at radius 2 is 1.70 bits per heavy atom. The van der Waals surface area contributed by atoms with E-state index in [-0.39, 0.29) is 16.5 Å². The number of hydrogen-bond acceptors (Lipinski definition) is 4. The number of nitrogens with zero attached hydrogens (tertiary/aromatic N) is 1. The molecule has 6 nitrogen and oxygen atoms in total. The molecule has 2 aromatic rings. The summed E-state index contributed by atoms with van der Waals surface area (Å²) in [7, 11) is -3.52. The molecule has 10 heteroatoms. The predicted octanol–water partition coefficient (Wildman–Crippen LogP) is 5.34. The summed E-state index contributed by atoms with van der Waals surface area (Å²) in [6.07, 6.45) is 3.86. The summed E-state index contributed by atoms with van der Waals surface area (Å²) in [6.45, 7) is 0.815. The van der Waals surface area contributed by atoms with E-state index in [0.29, 0.717) is 34.0 Å². The molecule has 1 N–H and O–H groups in total. The van der Waals surface area contributed by atoms with Crippen molar-refractivity contribution in [1.29, 1.82) is 0 Å². The van der Waals surface area contributed by atoms with Gasteiger partial charge < -0.3 is 10.1 Å². The Morgan fingerprint density at radius 3 is 2.30 bits per heavy atom. The first-order valence-corrected chi connectivity index (χ1v) is 12.4. The Morgan fingerprint density at radius 1 is 1.07 bits per heavy atom. The fraction of sp³-hybridized carbons (Fsp3) is 0.350. The Hall–Kier alpha value is -1.32. The third kappa shape index (κ3) is 5.88. The second-order valence-electron chi connectivity index (χ2n) is 6.88. The van der Waals surface area contributed by atoms with Gasteiger partial charge in [-0.15, -0.1) is 0 Å². The third-order valence-corrected chi connectivity index (χ3v) is 7.65. The Balaban J connectivity index is 1.61. The van der Waals surface area contributed by atoms with Crippen molar-refractivity contribution in [2.24, 2.45) is 0 Å². The zero-order valence-electron chi connectivity index (χ0n) is 16.0. The molecule has 1 amide bonds. The van der Waals surface area contributed by atoms with Gasteiger partial charge in [0.2, 0.25) is 10.0 Å². The van der Waals surface area contributed by atoms with Gasteiger partial charge in [-0.2, -0.15) is 4.31 Å². The van der Waals surface area contributed by atoms with Crippen LogP contribution in [-0.4, -0.2) is 38.3 Å². The van der Waals surface area contributed by atoms with Crippen LogP contribution in [0.5, 0.6) is 5.75 Å². The van der Waals surface area contributed by atoms with E-state index >= 15 is 0 Å². The quantitative estimate of drug-likeness (QED) is 0.541. The van der Waals surface area contributed by atoms with Crippen LogP contribution in [0.25, 0.3) is 0 Å². The SMILES string of the molecule is O=C(COc1c(Cl)cc(Cl)cc1Br)Nc1ccc(S(=O)(=O)N2CCCCCC2)cc1. The maximum absolute atomic E-state index is 12.8. The highest BCUT2D eigenvalue weighted by Gasteiger charge is 2.25. The van der Waals surface area contributed by atoms with E-state index in [1.165, 1.54) is 22.5 Å². The fourth-order valence-electron chi connectivity index (χ4n) is 3.14. The molecular weight excluding hydrogens is 515 g/mol. The molecule has 0 radical (unpaired) electrons. The number of hydrogen-bond donors (Lipinski definition) is 1. The molecule has 0 bridgehead atoms. The van der Waals surface area contributed by atoms with Crippen LogP contribution in [0.1, 0.15) is 25.7 Å². The smallest absolute Gasteiger partial charge is 0.262 e. The second kappa shape index (κ2) is 10.3. The average molecular weight is 536 g/mol. The number of carbonyl (C=O) groups excluding carboxylic acids is 1. The standard InChI is InChI=1S/C20H21BrCl2N2O4S/c21-17-11-14(22)12-18(23)20(17)29-13-19(26)24-15-5-7-16(8-6-15)30(27,28)25-9-3-1-2-4-10-25/h5-8,11-12H,1-4,9-10,13H2,(H,24,26). The summed E-state index contributed by atoms with van der Waals surface area (Å²) in [5.41, 5.74) is 0.472. The van der Waals surface area contributed by atoms with Gasteiger partial charge in [0.25, 0.3) is 5.91 Å². The number of nitrogens with one attached hydrogen (secondary N) is 1. The Bertz CT molecular complexity index is 985. The third-order valence-electron chi connectivity index (χ3n) is 4.65. The van der Waals surface area contributed by atoms with Crippen molar-refractivity contribution in [1.82, 2.24) is 4.31 Å². The first-order chi connectivity index (χ1) is 14.3. The number of amides is 1. The van der Waals surface area contributed by atoms with E-state index in [4.69, 9.17) is 27.9 Å². The summed E-state index contributed by atoms with van der Waals surface area (Å²) in [6, 6.07) is 9.27. The van der Waals surface area contributed by atoms with Crippen molar-refractivity contribution in [3.05, 3.63) is 50.9 Å². The van der Waals surface area contributed by atoms with Crippen LogP contribution in [0.4, 0.5) is 5.69 Å². The van der Waals surface area contributed by atoms with Crippen LogP contribution in [0.15, 0.2) is 45.8 Å². The molecular formula is C20H21BrCl2N2O4S. The Labute approximate surface area is 194 Å². The molecule has 0 spiro atoms. The van der Waals surface area contributed by atoms with E-state index < -0.39 is 15.9 Å². The van der Waals surface area contributed by atoms with Crippen molar-refractivity contribution < 1.29 is 17.9 Å². The van der Waals surface area contributed by atoms with Crippen LogP contribution in [0.3, 0.4) is 0 Å². The van der Waals surface area contributed by atoms with Gasteiger partial charge in [-0.3, -0.25) is 4.79 Å². The maximum Gasteiger partial charge on any atom is 0.262 e. The molecule has 2 aromatic carbocycles. The summed E-state index contributed by atoms with van der Waals surface area (Å²) >= 11 is 15.3. The average Bonchev–Trinajstić information content (AvgIpc) is 2.97. The minimum atomic E-state index is -3.52. The van der Waals surface area contributed by atoms with Crippen LogP contribution in [-0.2, 0) is 14.8 Å². The summed E-state index contributed by atoms with van der Waals surface area (Å²) < 4.78 is 33.2. The van der Waals surface area contributed by atoms with Crippen LogP contribution >= 0.6 is 39.1 Å². The van der Waals surface area contributed by atoms with Crippen molar-refractivity contribution in [2.45, 2.75) is 30.6 Å². The molecule has 3 rings (SSSR count). The molecule has 0 saturated carbocycles. The first kappa shape index (κ1) is 23.3. The zero-order valence-corrected chi connectivity index (χ0v) is 20.0. The second-order valence-corrected chi connectivity index (χ2v) is 10.5. The monoisotopic (exact) mass is 534 g/mol. The fourth-order valence-corrected chi connectivity index (χ4v) is 6.03. The lowest BCUT2D eigenvalue weighted by atomic mass is 10.2. The molecule has 0 aliphatic carbocycles. The van der Waals surface area contributed by atoms with Crippen molar-refractivity contribution in [3.8, 4) is 5.75 Å². The molecule has 0 atom stereocenters. The largest absolute Gasteiger partial charge is 0.481 e. The number of halogens is 3. The topological polar surface area (TPSA) is 75.7 Å². The summed E-state index contributed by atoms with van der Waals surface area (Å²) in [5.74, 6) is -0.0915. The zero-order chi connectivity index (χ0) is 21.7. The van der Waals surface area contributed by atoms with Gasteiger partial charge in [-0.05, 0) is 65.2 Å². The van der Waals surface area contributed by atoms with E-state index in [9.17, 15) is 13.2 Å². The van der Waals surface area contributed by atoms with Crippen molar-refractivity contribution in [2.75, 3.05) is 25.0 Å². The number of ether oxygens (including phenoxy) is 1. The molecule has 0 aromatic heterocycles. The molecule has 0 unspecified atom stereocenters. The summed E-state index contributed by atoms with van der Waals surface area (Å²) in [4.78, 5) is 12.4. The molecule has 1 fully saturated rings. The van der Waals surface area contributed by atoms with E-state index in [0.717, 1.165) is 25.7 Å². The number of sulfonamides is 1. The van der Waals surface area contributed by atoms with E-state index in [1.807, 2.05) is 0 Å². The summed E-state index contributed by atoms with van der Waals surface area (Å²) in [5, 5.41) is 3.40. The van der Waals surface area contributed by atoms with Gasteiger partial charge in [0, 0.05) is 23.8 Å². The number of anilines is 1.